The molecule has 6 atom stereocenters. The van der Waals surface area contributed by atoms with Gasteiger partial charge in [-0.1, -0.05) is 43.7 Å². The molecule has 39 heavy (non-hydrogen) atoms. The summed E-state index contributed by atoms with van der Waals surface area (Å²) in [5.41, 5.74) is 4.14. The molecule has 0 saturated heterocycles. The quantitative estimate of drug-likeness (QED) is 0.279. The van der Waals surface area contributed by atoms with Gasteiger partial charge in [0.2, 0.25) is 0 Å². The van der Waals surface area contributed by atoms with Gasteiger partial charge in [0.15, 0.2) is 0 Å². The highest BCUT2D eigenvalue weighted by Gasteiger charge is 2.44. The Bertz CT molecular complexity index is 1270. The number of aliphatic hydroxyl groups excluding tert-OH is 1. The third-order valence-electron chi connectivity index (χ3n) is 9.65. The number of carbonyl (C=O) groups is 1. The van der Waals surface area contributed by atoms with E-state index in [1.54, 1.807) is 0 Å². The van der Waals surface area contributed by atoms with Crippen molar-refractivity contribution in [3.05, 3.63) is 70.3 Å². The molecule has 2 aromatic rings. The molecular weight excluding hydrogens is 528 g/mol. The third kappa shape index (κ3) is 5.32. The minimum Gasteiger partial charge on any atom is -0.490 e. The predicted molar refractivity (Wildman–Crippen MR) is 160 cm³/mol. The standard InChI is InChI=1S/C32H39ClN2O3S/c1-20-5-3-7-29(36)26-11-8-24(26)17-35-18-32(14-4-6-22-15-25(33)10-12-27(22)32)19-38-30-13-9-23(16-28(30)35)31(37)34-39-21(20)2/h3,7,9-10,12-13,15-16,20-21,24,26,29,36H,4-6,8,11,14,17-19H2,1-2H3,(H,34,37)/b7-3-/t20-,21-,24+,26-,29+,32+/m1/s1. The fourth-order valence-electron chi connectivity index (χ4n) is 6.90. The number of nitrogens with one attached hydrogen (secondary N) is 1. The van der Waals surface area contributed by atoms with Gasteiger partial charge >= 0.3 is 0 Å². The van der Waals surface area contributed by atoms with Crippen LogP contribution in [-0.4, -0.2) is 42.1 Å². The Labute approximate surface area is 241 Å². The van der Waals surface area contributed by atoms with E-state index in [0.29, 0.717) is 24.0 Å². The Hall–Kier alpha value is -2.15. The van der Waals surface area contributed by atoms with Crippen molar-refractivity contribution in [2.45, 2.75) is 69.1 Å². The molecule has 2 aromatic carbocycles. The van der Waals surface area contributed by atoms with Crippen molar-refractivity contribution >= 4 is 35.1 Å². The van der Waals surface area contributed by atoms with Crippen LogP contribution in [0.5, 0.6) is 5.75 Å². The molecule has 6 rings (SSSR count). The molecule has 1 spiro atoms. The molecule has 5 nitrogen and oxygen atoms in total. The zero-order valence-electron chi connectivity index (χ0n) is 22.9. The van der Waals surface area contributed by atoms with Crippen molar-refractivity contribution in [3.63, 3.8) is 0 Å². The van der Waals surface area contributed by atoms with Gasteiger partial charge in [-0.15, -0.1) is 0 Å². The number of amides is 1. The number of fused-ring (bicyclic) bond motifs is 4. The summed E-state index contributed by atoms with van der Waals surface area (Å²) in [7, 11) is 0. The maximum absolute atomic E-state index is 13.2. The number of hydrogen-bond donors (Lipinski definition) is 2. The molecular formula is C32H39ClN2O3S. The van der Waals surface area contributed by atoms with Gasteiger partial charge in [0, 0.05) is 34.3 Å². The second kappa shape index (κ2) is 11.0. The Balaban J connectivity index is 1.39. The van der Waals surface area contributed by atoms with Gasteiger partial charge in [-0.2, -0.15) is 0 Å². The number of allylic oxidation sites excluding steroid dienone is 1. The van der Waals surface area contributed by atoms with Crippen molar-refractivity contribution < 1.29 is 14.6 Å². The summed E-state index contributed by atoms with van der Waals surface area (Å²) in [6, 6.07) is 12.2. The Kier molecular flexibility index (Phi) is 7.64. The van der Waals surface area contributed by atoms with Crippen LogP contribution in [0.25, 0.3) is 0 Å². The van der Waals surface area contributed by atoms with Crippen molar-refractivity contribution in [1.82, 2.24) is 4.72 Å². The number of hydrogen-bond acceptors (Lipinski definition) is 5. The van der Waals surface area contributed by atoms with Crippen LogP contribution >= 0.6 is 23.5 Å². The second-order valence-electron chi connectivity index (χ2n) is 12.2. The number of aliphatic hydroxyl groups is 1. The highest BCUT2D eigenvalue weighted by molar-refractivity contribution is 7.98. The number of aryl methyl sites for hydroxylation is 1. The average molecular weight is 567 g/mol. The summed E-state index contributed by atoms with van der Waals surface area (Å²) in [6.45, 7) is 6.59. The molecule has 2 aliphatic carbocycles. The van der Waals surface area contributed by atoms with Crippen LogP contribution in [0.15, 0.2) is 48.6 Å². The zero-order chi connectivity index (χ0) is 27.1. The van der Waals surface area contributed by atoms with E-state index in [1.165, 1.54) is 23.1 Å². The summed E-state index contributed by atoms with van der Waals surface area (Å²) < 4.78 is 9.67. The predicted octanol–water partition coefficient (Wildman–Crippen LogP) is 6.56. The lowest BCUT2D eigenvalue weighted by Gasteiger charge is -2.45. The first kappa shape index (κ1) is 27.0. The summed E-state index contributed by atoms with van der Waals surface area (Å²) in [6.07, 6.45) is 9.93. The van der Waals surface area contributed by atoms with Crippen LogP contribution in [0, 0.1) is 17.8 Å². The first-order valence-electron chi connectivity index (χ1n) is 14.4. The van der Waals surface area contributed by atoms with E-state index in [2.05, 4.69) is 41.7 Å². The van der Waals surface area contributed by atoms with Gasteiger partial charge in [0.1, 0.15) is 5.75 Å². The maximum atomic E-state index is 13.2. The largest absolute Gasteiger partial charge is 0.490 e. The van der Waals surface area contributed by atoms with E-state index in [0.717, 1.165) is 68.1 Å². The smallest absolute Gasteiger partial charge is 0.261 e. The summed E-state index contributed by atoms with van der Waals surface area (Å²) >= 11 is 7.88. The van der Waals surface area contributed by atoms with Crippen LogP contribution in [0.1, 0.15) is 67.4 Å². The number of anilines is 1. The molecule has 0 radical (unpaired) electrons. The van der Waals surface area contributed by atoms with Crippen molar-refractivity contribution in [3.8, 4) is 5.75 Å². The van der Waals surface area contributed by atoms with Gasteiger partial charge in [0.25, 0.3) is 5.91 Å². The number of nitrogens with zero attached hydrogens (tertiary/aromatic N) is 1. The summed E-state index contributed by atoms with van der Waals surface area (Å²) in [5, 5.41) is 12.1. The first-order valence-corrected chi connectivity index (χ1v) is 15.7. The minimum absolute atomic E-state index is 0.0713. The van der Waals surface area contributed by atoms with Gasteiger partial charge in [-0.25, -0.2) is 0 Å². The lowest BCUT2D eigenvalue weighted by Crippen LogP contribution is -2.49. The molecule has 2 aliphatic heterocycles. The number of benzene rings is 2. The second-order valence-corrected chi connectivity index (χ2v) is 13.8. The molecule has 2 N–H and O–H groups in total. The molecule has 0 aromatic heterocycles. The van der Waals surface area contributed by atoms with Crippen LogP contribution in [0.2, 0.25) is 5.02 Å². The molecule has 1 saturated carbocycles. The van der Waals surface area contributed by atoms with Crippen LogP contribution in [-0.2, 0) is 11.8 Å². The highest BCUT2D eigenvalue weighted by atomic mass is 35.5. The van der Waals surface area contributed by atoms with E-state index >= 15 is 0 Å². The van der Waals surface area contributed by atoms with E-state index in [1.807, 2.05) is 30.3 Å². The molecule has 1 amide bonds. The molecule has 0 unspecified atom stereocenters. The van der Waals surface area contributed by atoms with Crippen LogP contribution in [0.4, 0.5) is 5.69 Å². The number of halogens is 1. The third-order valence-corrected chi connectivity index (χ3v) is 11.0. The number of carbonyl (C=O) groups excluding carboxylic acids is 1. The fraction of sp³-hybridized carbons (Fsp3) is 0.531. The van der Waals surface area contributed by atoms with E-state index in [9.17, 15) is 9.90 Å². The molecule has 1 fully saturated rings. The number of rotatable bonds is 0. The Morgan fingerprint density at radius 3 is 2.87 bits per heavy atom. The average Bonchev–Trinajstić information content (AvgIpc) is 3.05. The molecule has 2 heterocycles. The minimum atomic E-state index is -0.424. The Morgan fingerprint density at radius 1 is 1.18 bits per heavy atom. The molecule has 4 aliphatic rings. The normalized spacial score (nSPS) is 33.6. The first-order chi connectivity index (χ1) is 18.8. The Morgan fingerprint density at radius 2 is 2.05 bits per heavy atom. The lowest BCUT2D eigenvalue weighted by molar-refractivity contribution is 0.0456. The monoisotopic (exact) mass is 566 g/mol. The molecule has 208 valence electrons. The van der Waals surface area contributed by atoms with E-state index in [4.69, 9.17) is 16.3 Å². The van der Waals surface area contributed by atoms with Gasteiger partial charge in [-0.3, -0.25) is 9.52 Å². The zero-order valence-corrected chi connectivity index (χ0v) is 24.4. The van der Waals surface area contributed by atoms with Gasteiger partial charge in [0.05, 0.1) is 18.4 Å². The molecule has 2 bridgehead atoms. The summed E-state index contributed by atoms with van der Waals surface area (Å²) in [5.74, 6) is 1.78. The fourth-order valence-corrected chi connectivity index (χ4v) is 7.85. The van der Waals surface area contributed by atoms with Gasteiger partial charge in [-0.05, 0) is 110 Å². The van der Waals surface area contributed by atoms with Gasteiger partial charge < -0.3 is 14.7 Å². The molecule has 7 heteroatoms. The highest BCUT2D eigenvalue weighted by Crippen LogP contribution is 2.46. The van der Waals surface area contributed by atoms with Crippen LogP contribution < -0.4 is 14.4 Å². The lowest BCUT2D eigenvalue weighted by atomic mass is 9.68. The van der Waals surface area contributed by atoms with Crippen molar-refractivity contribution in [1.29, 1.82) is 0 Å². The SMILES string of the molecule is C[C@@H]1C/C=C\[C@H](O)[C@@H]2CC[C@H]2CN2C[C@@]3(CCCc4cc(Cl)ccc43)COc3ccc(cc32)C(=O)NS[C@@H]1C. The van der Waals surface area contributed by atoms with E-state index in [-0.39, 0.29) is 22.5 Å². The summed E-state index contributed by atoms with van der Waals surface area (Å²) in [4.78, 5) is 15.7. The van der Waals surface area contributed by atoms with E-state index < -0.39 is 6.10 Å². The van der Waals surface area contributed by atoms with Crippen LogP contribution in [0.3, 0.4) is 0 Å². The maximum Gasteiger partial charge on any atom is 0.261 e. The number of ether oxygens (including phenoxy) is 1. The van der Waals surface area contributed by atoms with Crippen molar-refractivity contribution in [2.24, 2.45) is 17.8 Å². The topological polar surface area (TPSA) is 61.8 Å². The van der Waals surface area contributed by atoms with Crippen molar-refractivity contribution in [2.75, 3.05) is 24.6 Å².